The fraction of sp³-hybridized carbons (Fsp3) is 0.333. The number of hydrogen-bond donors (Lipinski definition) is 1. The molecule has 0 saturated heterocycles. The summed E-state index contributed by atoms with van der Waals surface area (Å²) in [7, 11) is -1.99. The number of benzene rings is 2. The Morgan fingerprint density at radius 3 is 2.28 bits per heavy atom. The van der Waals surface area contributed by atoms with Crippen molar-refractivity contribution < 1.29 is 13.2 Å². The molecule has 0 aliphatic heterocycles. The maximum Gasteiger partial charge on any atom is 0.182 e. The zero-order valence-electron chi connectivity index (χ0n) is 13.7. The lowest BCUT2D eigenvalue weighted by Gasteiger charge is -2.15. The molecule has 0 spiro atoms. The maximum absolute atomic E-state index is 13.2. The standard InChI is InChI=1S/C18H19BrClNO3S/c1-24-11-18(10-21)16(12-2-4-13(19)5-3-12)17(18)25(22,23)15-8-6-14(20)7-9-15/h2-9,16-17H,10-11,21H2,1H3/t16-,17+,18+/m1/s1. The van der Waals surface area contributed by atoms with Gasteiger partial charge in [-0.2, -0.15) is 0 Å². The first-order chi connectivity index (χ1) is 11.9. The van der Waals surface area contributed by atoms with E-state index in [2.05, 4.69) is 15.9 Å². The van der Waals surface area contributed by atoms with E-state index in [0.29, 0.717) is 11.6 Å². The summed E-state index contributed by atoms with van der Waals surface area (Å²) in [5.74, 6) is -0.203. The van der Waals surface area contributed by atoms with Crippen LogP contribution in [0.2, 0.25) is 5.02 Å². The summed E-state index contributed by atoms with van der Waals surface area (Å²) < 4.78 is 32.8. The number of ether oxygens (including phenoxy) is 1. The normalized spacial score (nSPS) is 25.8. The molecule has 2 N–H and O–H groups in total. The summed E-state index contributed by atoms with van der Waals surface area (Å²) in [6, 6.07) is 14.0. The smallest absolute Gasteiger partial charge is 0.182 e. The topological polar surface area (TPSA) is 69.4 Å². The molecule has 0 aromatic heterocycles. The molecule has 25 heavy (non-hydrogen) atoms. The summed E-state index contributed by atoms with van der Waals surface area (Å²) >= 11 is 9.30. The second kappa shape index (κ2) is 7.00. The molecule has 7 heteroatoms. The van der Waals surface area contributed by atoms with E-state index in [9.17, 15) is 8.42 Å². The molecule has 2 aromatic rings. The van der Waals surface area contributed by atoms with Crippen LogP contribution in [-0.2, 0) is 14.6 Å². The molecule has 1 aliphatic carbocycles. The summed E-state index contributed by atoms with van der Waals surface area (Å²) in [6.45, 7) is 0.529. The van der Waals surface area contributed by atoms with Crippen LogP contribution in [0.15, 0.2) is 57.9 Å². The van der Waals surface area contributed by atoms with Gasteiger partial charge < -0.3 is 10.5 Å². The minimum atomic E-state index is -3.56. The largest absolute Gasteiger partial charge is 0.384 e. The van der Waals surface area contributed by atoms with Crippen LogP contribution in [0, 0.1) is 5.41 Å². The van der Waals surface area contributed by atoms with Crippen molar-refractivity contribution in [3.8, 4) is 0 Å². The molecular weight excluding hydrogens is 426 g/mol. The van der Waals surface area contributed by atoms with Crippen molar-refractivity contribution >= 4 is 37.4 Å². The third kappa shape index (κ3) is 3.26. The van der Waals surface area contributed by atoms with E-state index >= 15 is 0 Å². The Labute approximate surface area is 161 Å². The lowest BCUT2D eigenvalue weighted by Crippen LogP contribution is -2.28. The zero-order chi connectivity index (χ0) is 18.2. The van der Waals surface area contributed by atoms with Crippen molar-refractivity contribution in [3.05, 3.63) is 63.6 Å². The van der Waals surface area contributed by atoms with Gasteiger partial charge in [0.15, 0.2) is 9.84 Å². The third-order valence-corrected chi connectivity index (χ3v) is 8.00. The molecule has 0 radical (unpaired) electrons. The molecule has 3 rings (SSSR count). The van der Waals surface area contributed by atoms with Crippen molar-refractivity contribution in [1.29, 1.82) is 0 Å². The SMILES string of the molecule is COC[C@@]1(CN)[C@H](c2ccc(Br)cc2)[C@@H]1S(=O)(=O)c1ccc(Cl)cc1. The second-order valence-corrected chi connectivity index (χ2v) is 9.74. The third-order valence-electron chi connectivity index (χ3n) is 4.88. The number of nitrogens with two attached hydrogens (primary N) is 1. The Balaban J connectivity index is 2.05. The fourth-order valence-electron chi connectivity index (χ4n) is 3.63. The summed E-state index contributed by atoms with van der Waals surface area (Å²) in [6.07, 6.45) is 0. The van der Waals surface area contributed by atoms with Crippen molar-refractivity contribution in [2.45, 2.75) is 16.1 Å². The Hall–Kier alpha value is -0.920. The minimum absolute atomic E-state index is 0.203. The fourth-order valence-corrected chi connectivity index (χ4v) is 6.47. The summed E-state index contributed by atoms with van der Waals surface area (Å²) in [4.78, 5) is 0.260. The molecule has 0 unspecified atom stereocenters. The van der Waals surface area contributed by atoms with E-state index in [1.807, 2.05) is 24.3 Å². The van der Waals surface area contributed by atoms with Gasteiger partial charge in [0.25, 0.3) is 0 Å². The predicted octanol–water partition coefficient (Wildman–Crippen LogP) is 3.63. The van der Waals surface area contributed by atoms with Crippen molar-refractivity contribution in [2.24, 2.45) is 11.1 Å². The van der Waals surface area contributed by atoms with Crippen LogP contribution in [0.3, 0.4) is 0 Å². The van der Waals surface area contributed by atoms with E-state index in [1.165, 1.54) is 0 Å². The van der Waals surface area contributed by atoms with E-state index < -0.39 is 20.5 Å². The van der Waals surface area contributed by atoms with Gasteiger partial charge in [-0.1, -0.05) is 39.7 Å². The first-order valence-electron chi connectivity index (χ1n) is 7.81. The average Bonchev–Trinajstić information content (AvgIpc) is 3.26. The van der Waals surface area contributed by atoms with E-state index in [-0.39, 0.29) is 17.4 Å². The van der Waals surface area contributed by atoms with Gasteiger partial charge in [0.2, 0.25) is 0 Å². The molecule has 4 nitrogen and oxygen atoms in total. The molecule has 1 fully saturated rings. The number of hydrogen-bond acceptors (Lipinski definition) is 4. The van der Waals surface area contributed by atoms with Gasteiger partial charge in [0, 0.05) is 34.5 Å². The van der Waals surface area contributed by atoms with Crippen molar-refractivity contribution in [2.75, 3.05) is 20.3 Å². The molecule has 2 aromatic carbocycles. The Morgan fingerprint density at radius 2 is 1.76 bits per heavy atom. The number of methoxy groups -OCH3 is 1. The number of halogens is 2. The zero-order valence-corrected chi connectivity index (χ0v) is 16.8. The van der Waals surface area contributed by atoms with Crippen LogP contribution in [-0.4, -0.2) is 33.9 Å². The van der Waals surface area contributed by atoms with Gasteiger partial charge in [-0.3, -0.25) is 0 Å². The number of rotatable bonds is 6. The quantitative estimate of drug-likeness (QED) is 0.738. The second-order valence-electron chi connectivity index (χ2n) is 6.32. The van der Waals surface area contributed by atoms with Crippen LogP contribution >= 0.6 is 27.5 Å². The molecule has 0 heterocycles. The lowest BCUT2D eigenvalue weighted by atomic mass is 10.0. The number of sulfone groups is 1. The van der Waals surface area contributed by atoms with Gasteiger partial charge >= 0.3 is 0 Å². The van der Waals surface area contributed by atoms with E-state index in [1.54, 1.807) is 31.4 Å². The van der Waals surface area contributed by atoms with Gasteiger partial charge in [-0.15, -0.1) is 0 Å². The maximum atomic E-state index is 13.2. The van der Waals surface area contributed by atoms with Gasteiger partial charge in [-0.25, -0.2) is 8.42 Å². The summed E-state index contributed by atoms with van der Waals surface area (Å²) in [5.41, 5.74) is 6.36. The van der Waals surface area contributed by atoms with Crippen molar-refractivity contribution in [1.82, 2.24) is 0 Å². The Morgan fingerprint density at radius 1 is 1.16 bits per heavy atom. The molecule has 0 amide bonds. The van der Waals surface area contributed by atoms with Gasteiger partial charge in [0.05, 0.1) is 16.8 Å². The average molecular weight is 445 g/mol. The summed E-state index contributed by atoms with van der Waals surface area (Å²) in [5, 5.41) is -0.117. The molecular formula is C18H19BrClNO3S. The van der Waals surface area contributed by atoms with E-state index in [4.69, 9.17) is 22.1 Å². The Kier molecular flexibility index (Phi) is 5.28. The van der Waals surface area contributed by atoms with Gasteiger partial charge in [0.1, 0.15) is 0 Å². The molecule has 3 atom stereocenters. The molecule has 1 aliphatic rings. The lowest BCUT2D eigenvalue weighted by molar-refractivity contribution is 0.142. The molecule has 1 saturated carbocycles. The van der Waals surface area contributed by atoms with Crippen LogP contribution < -0.4 is 5.73 Å². The highest BCUT2D eigenvalue weighted by Gasteiger charge is 2.70. The molecule has 0 bridgehead atoms. The van der Waals surface area contributed by atoms with Crippen LogP contribution in [0.4, 0.5) is 0 Å². The predicted molar refractivity (Wildman–Crippen MR) is 103 cm³/mol. The van der Waals surface area contributed by atoms with Crippen LogP contribution in [0.1, 0.15) is 11.5 Å². The van der Waals surface area contributed by atoms with Crippen molar-refractivity contribution in [3.63, 3.8) is 0 Å². The van der Waals surface area contributed by atoms with E-state index in [0.717, 1.165) is 10.0 Å². The highest BCUT2D eigenvalue weighted by molar-refractivity contribution is 9.10. The monoisotopic (exact) mass is 443 g/mol. The highest BCUT2D eigenvalue weighted by atomic mass is 79.9. The Bertz CT molecular complexity index is 855. The molecule has 134 valence electrons. The minimum Gasteiger partial charge on any atom is -0.384 e. The van der Waals surface area contributed by atoms with Crippen LogP contribution in [0.25, 0.3) is 0 Å². The first-order valence-corrected chi connectivity index (χ1v) is 10.5. The first kappa shape index (κ1) is 18.9. The van der Waals surface area contributed by atoms with Crippen LogP contribution in [0.5, 0.6) is 0 Å². The highest BCUT2D eigenvalue weighted by Crippen LogP contribution is 2.63. The van der Waals surface area contributed by atoms with Gasteiger partial charge in [-0.05, 0) is 42.0 Å².